The van der Waals surface area contributed by atoms with Crippen LogP contribution in [-0.2, 0) is 4.79 Å². The number of likely N-dealkylation sites (tertiary alicyclic amines) is 1. The minimum atomic E-state index is -0.596. The number of benzene rings is 1. The lowest BCUT2D eigenvalue weighted by atomic mass is 10.0. The average Bonchev–Trinajstić information content (AvgIpc) is 2.79. The number of carbonyl (C=O) groups excluding carboxylic acids is 3. The summed E-state index contributed by atoms with van der Waals surface area (Å²) in [4.78, 5) is 50.4. The summed E-state index contributed by atoms with van der Waals surface area (Å²) in [5, 5.41) is 10.9. The number of nitro benzene ring substituents is 1. The van der Waals surface area contributed by atoms with Crippen LogP contribution in [0.25, 0.3) is 0 Å². The van der Waals surface area contributed by atoms with Gasteiger partial charge in [-0.2, -0.15) is 0 Å². The van der Waals surface area contributed by atoms with Crippen molar-refractivity contribution >= 4 is 23.4 Å². The fourth-order valence-corrected chi connectivity index (χ4v) is 3.65. The van der Waals surface area contributed by atoms with Gasteiger partial charge in [0.2, 0.25) is 5.91 Å². The number of fused-ring (bicyclic) bond motifs is 1. The normalized spacial score (nSPS) is 19.8. The van der Waals surface area contributed by atoms with Crippen LogP contribution in [0.3, 0.4) is 0 Å². The van der Waals surface area contributed by atoms with E-state index in [1.807, 2.05) is 4.90 Å². The first-order valence-corrected chi connectivity index (χ1v) is 9.31. The van der Waals surface area contributed by atoms with Crippen molar-refractivity contribution in [1.82, 2.24) is 9.80 Å². The number of hydrogen-bond acceptors (Lipinski definition) is 5. The minimum absolute atomic E-state index is 0.0522. The summed E-state index contributed by atoms with van der Waals surface area (Å²) >= 11 is 0. The van der Waals surface area contributed by atoms with Crippen LogP contribution in [0.5, 0.6) is 0 Å². The molecule has 8 nitrogen and oxygen atoms in total. The molecular formula is C19H23N3O5. The molecule has 2 heterocycles. The molecule has 0 aromatic heterocycles. The van der Waals surface area contributed by atoms with Gasteiger partial charge in [-0.15, -0.1) is 0 Å². The molecule has 8 heteroatoms. The van der Waals surface area contributed by atoms with E-state index < -0.39 is 16.7 Å². The molecule has 3 rings (SSSR count). The molecular weight excluding hydrogens is 350 g/mol. The Kier molecular flexibility index (Phi) is 5.53. The molecule has 0 spiro atoms. The quantitative estimate of drug-likeness (QED) is 0.449. The van der Waals surface area contributed by atoms with E-state index in [-0.39, 0.29) is 35.7 Å². The summed E-state index contributed by atoms with van der Waals surface area (Å²) in [6.45, 7) is 3.85. The smallest absolute Gasteiger partial charge is 0.270 e. The zero-order valence-corrected chi connectivity index (χ0v) is 15.3. The van der Waals surface area contributed by atoms with E-state index in [9.17, 15) is 24.5 Å². The monoisotopic (exact) mass is 373 g/mol. The molecule has 0 N–H and O–H groups in total. The standard InChI is InChI=1S/C19H23N3O5/c1-13-4-2-9-20(11-8-13)17(23)5-3-10-21-18(24)15-7-6-14(22(26)27)12-16(15)19(21)25/h6-7,12-13H,2-5,8-11H2,1H3. The minimum Gasteiger partial charge on any atom is -0.343 e. The highest BCUT2D eigenvalue weighted by Crippen LogP contribution is 2.27. The van der Waals surface area contributed by atoms with Gasteiger partial charge in [0.15, 0.2) is 0 Å². The Hall–Kier alpha value is -2.77. The molecule has 3 amide bonds. The maximum absolute atomic E-state index is 12.4. The van der Waals surface area contributed by atoms with E-state index >= 15 is 0 Å². The molecule has 2 aliphatic heterocycles. The Balaban J connectivity index is 1.57. The van der Waals surface area contributed by atoms with Crippen LogP contribution < -0.4 is 0 Å². The van der Waals surface area contributed by atoms with Crippen molar-refractivity contribution in [3.8, 4) is 0 Å². The van der Waals surface area contributed by atoms with Gasteiger partial charge >= 0.3 is 0 Å². The van der Waals surface area contributed by atoms with Crippen LogP contribution in [0, 0.1) is 16.0 Å². The number of nitrogens with zero attached hydrogens (tertiary/aromatic N) is 3. The van der Waals surface area contributed by atoms with Crippen LogP contribution in [-0.4, -0.2) is 52.1 Å². The number of imide groups is 1. The van der Waals surface area contributed by atoms with Gasteiger partial charge in [0.1, 0.15) is 0 Å². The topological polar surface area (TPSA) is 101 Å². The lowest BCUT2D eigenvalue weighted by Crippen LogP contribution is -2.34. The van der Waals surface area contributed by atoms with Gasteiger partial charge in [-0.1, -0.05) is 6.92 Å². The molecule has 0 aliphatic carbocycles. The van der Waals surface area contributed by atoms with Gasteiger partial charge in [-0.25, -0.2) is 0 Å². The summed E-state index contributed by atoms with van der Waals surface area (Å²) in [6, 6.07) is 3.67. The average molecular weight is 373 g/mol. The zero-order chi connectivity index (χ0) is 19.6. The third-order valence-electron chi connectivity index (χ3n) is 5.31. The fourth-order valence-electron chi connectivity index (χ4n) is 3.65. The molecule has 0 saturated carbocycles. The predicted molar refractivity (Wildman–Crippen MR) is 97.3 cm³/mol. The third-order valence-corrected chi connectivity index (χ3v) is 5.31. The summed E-state index contributed by atoms with van der Waals surface area (Å²) in [7, 11) is 0. The summed E-state index contributed by atoms with van der Waals surface area (Å²) in [6.07, 6.45) is 3.80. The summed E-state index contributed by atoms with van der Waals surface area (Å²) in [5.74, 6) is -0.308. The Morgan fingerprint density at radius 2 is 1.93 bits per heavy atom. The van der Waals surface area contributed by atoms with E-state index in [2.05, 4.69) is 6.92 Å². The Morgan fingerprint density at radius 1 is 1.19 bits per heavy atom. The van der Waals surface area contributed by atoms with Crippen LogP contribution in [0.15, 0.2) is 18.2 Å². The number of non-ortho nitro benzene ring substituents is 1. The molecule has 27 heavy (non-hydrogen) atoms. The van der Waals surface area contributed by atoms with Crippen molar-refractivity contribution in [1.29, 1.82) is 0 Å². The maximum Gasteiger partial charge on any atom is 0.270 e. The van der Waals surface area contributed by atoms with Crippen LogP contribution in [0.1, 0.15) is 59.7 Å². The molecule has 1 saturated heterocycles. The SMILES string of the molecule is CC1CCCN(C(=O)CCCN2C(=O)c3ccc([N+](=O)[O-])cc3C2=O)CC1. The van der Waals surface area contributed by atoms with Gasteiger partial charge in [0, 0.05) is 38.2 Å². The highest BCUT2D eigenvalue weighted by Gasteiger charge is 2.36. The molecule has 1 aromatic rings. The predicted octanol–water partition coefficient (Wildman–Crippen LogP) is 2.62. The number of carbonyl (C=O) groups is 3. The first-order chi connectivity index (χ1) is 12.9. The largest absolute Gasteiger partial charge is 0.343 e. The Labute approximate surface area is 157 Å². The summed E-state index contributed by atoms with van der Waals surface area (Å²) in [5.41, 5.74) is 0.0165. The molecule has 0 bridgehead atoms. The lowest BCUT2D eigenvalue weighted by molar-refractivity contribution is -0.384. The second-order valence-corrected chi connectivity index (χ2v) is 7.27. The van der Waals surface area contributed by atoms with Gasteiger partial charge in [0.05, 0.1) is 16.1 Å². The zero-order valence-electron chi connectivity index (χ0n) is 15.3. The number of hydrogen-bond donors (Lipinski definition) is 0. The second-order valence-electron chi connectivity index (χ2n) is 7.27. The Bertz CT molecular complexity index is 792. The molecule has 2 aliphatic rings. The van der Waals surface area contributed by atoms with E-state index in [0.717, 1.165) is 43.3 Å². The first-order valence-electron chi connectivity index (χ1n) is 9.31. The van der Waals surface area contributed by atoms with Crippen molar-refractivity contribution in [3.63, 3.8) is 0 Å². The number of amides is 3. The van der Waals surface area contributed by atoms with Crippen LogP contribution in [0.4, 0.5) is 5.69 Å². The molecule has 1 atom stereocenters. The highest BCUT2D eigenvalue weighted by atomic mass is 16.6. The number of nitro groups is 1. The lowest BCUT2D eigenvalue weighted by Gasteiger charge is -2.21. The van der Waals surface area contributed by atoms with E-state index in [1.54, 1.807) is 0 Å². The maximum atomic E-state index is 12.4. The van der Waals surface area contributed by atoms with Crippen molar-refractivity contribution in [2.45, 2.75) is 39.0 Å². The van der Waals surface area contributed by atoms with E-state index in [4.69, 9.17) is 0 Å². The van der Waals surface area contributed by atoms with Crippen molar-refractivity contribution in [2.75, 3.05) is 19.6 Å². The Morgan fingerprint density at radius 3 is 2.67 bits per heavy atom. The first kappa shape index (κ1) is 19.0. The molecule has 1 fully saturated rings. The van der Waals surface area contributed by atoms with Crippen LogP contribution in [0.2, 0.25) is 0 Å². The van der Waals surface area contributed by atoms with E-state index in [1.165, 1.54) is 12.1 Å². The van der Waals surface area contributed by atoms with Crippen molar-refractivity contribution < 1.29 is 19.3 Å². The molecule has 0 radical (unpaired) electrons. The van der Waals surface area contributed by atoms with Crippen molar-refractivity contribution in [2.24, 2.45) is 5.92 Å². The molecule has 1 unspecified atom stereocenters. The van der Waals surface area contributed by atoms with Gasteiger partial charge in [0.25, 0.3) is 17.5 Å². The summed E-state index contributed by atoms with van der Waals surface area (Å²) < 4.78 is 0. The van der Waals surface area contributed by atoms with E-state index in [0.29, 0.717) is 12.3 Å². The highest BCUT2D eigenvalue weighted by molar-refractivity contribution is 6.21. The number of rotatable bonds is 5. The van der Waals surface area contributed by atoms with Crippen LogP contribution >= 0.6 is 0 Å². The second kappa shape index (κ2) is 7.85. The van der Waals surface area contributed by atoms with Crippen molar-refractivity contribution in [3.05, 3.63) is 39.4 Å². The third kappa shape index (κ3) is 3.99. The van der Waals surface area contributed by atoms with Gasteiger partial charge in [-0.05, 0) is 37.7 Å². The fraction of sp³-hybridized carbons (Fsp3) is 0.526. The van der Waals surface area contributed by atoms with Gasteiger partial charge < -0.3 is 4.90 Å². The molecule has 1 aromatic carbocycles. The molecule has 144 valence electrons. The van der Waals surface area contributed by atoms with Gasteiger partial charge in [-0.3, -0.25) is 29.4 Å².